The number of nitrogens with one attached hydrogen (secondary N) is 2. The summed E-state index contributed by atoms with van der Waals surface area (Å²) in [5, 5.41) is 20.0. The number of carboxylic acids is 1. The standard InChI is InChI=1S/C29H19F4N3O3S/c30-21-9-5-17(6-10-21)19-13-23(26(37)34-15-16-1-3-18(4-2-16)28(38)39)25-24(14-19)35-36-27(25)40-22-11-7-20(8-12-22)29(31,32)33/h1-14H,15H2,(H,34,37)(H,35,36)(H,38,39). The van der Waals surface area contributed by atoms with E-state index in [9.17, 15) is 27.2 Å². The summed E-state index contributed by atoms with van der Waals surface area (Å²) >= 11 is 1.10. The predicted octanol–water partition coefficient (Wildman–Crippen LogP) is 7.17. The number of aromatic amines is 1. The highest BCUT2D eigenvalue weighted by Gasteiger charge is 2.30. The molecule has 11 heteroatoms. The molecule has 6 nitrogen and oxygen atoms in total. The Hall–Kier alpha value is -4.64. The normalized spacial score (nSPS) is 11.5. The zero-order chi connectivity index (χ0) is 28.4. The Labute approximate surface area is 229 Å². The number of H-pyrrole nitrogens is 1. The van der Waals surface area contributed by atoms with Crippen molar-refractivity contribution < 1.29 is 32.3 Å². The zero-order valence-corrected chi connectivity index (χ0v) is 21.2. The molecule has 0 saturated heterocycles. The van der Waals surface area contributed by atoms with Crippen molar-refractivity contribution in [1.29, 1.82) is 0 Å². The van der Waals surface area contributed by atoms with Crippen molar-refractivity contribution in [3.63, 3.8) is 0 Å². The fourth-order valence-electron chi connectivity index (χ4n) is 4.06. The first-order valence-electron chi connectivity index (χ1n) is 11.8. The molecule has 1 aromatic heterocycles. The number of carboxylic acid groups (broad SMARTS) is 1. The van der Waals surface area contributed by atoms with Gasteiger partial charge in [0.15, 0.2) is 0 Å². The molecule has 0 aliphatic rings. The lowest BCUT2D eigenvalue weighted by Gasteiger charge is -2.11. The molecule has 0 aliphatic heterocycles. The Balaban J connectivity index is 1.50. The van der Waals surface area contributed by atoms with Gasteiger partial charge in [-0.1, -0.05) is 36.0 Å². The number of fused-ring (bicyclic) bond motifs is 1. The first-order chi connectivity index (χ1) is 19.1. The Morgan fingerprint density at radius 2 is 1.57 bits per heavy atom. The quantitative estimate of drug-likeness (QED) is 0.182. The molecule has 0 aliphatic carbocycles. The Bertz CT molecular complexity index is 1700. The van der Waals surface area contributed by atoms with Crippen molar-refractivity contribution in [2.75, 3.05) is 0 Å². The molecule has 0 bridgehead atoms. The van der Waals surface area contributed by atoms with Crippen LogP contribution >= 0.6 is 11.8 Å². The highest BCUT2D eigenvalue weighted by molar-refractivity contribution is 7.99. The van der Waals surface area contributed by atoms with Gasteiger partial charge in [0.05, 0.1) is 22.2 Å². The van der Waals surface area contributed by atoms with E-state index in [1.165, 1.54) is 36.4 Å². The Kier molecular flexibility index (Phi) is 7.31. The summed E-state index contributed by atoms with van der Waals surface area (Å²) in [5.41, 5.74) is 2.06. The van der Waals surface area contributed by atoms with E-state index in [1.807, 2.05) is 0 Å². The number of hydrogen-bond donors (Lipinski definition) is 3. The van der Waals surface area contributed by atoms with Gasteiger partial charge in [0.1, 0.15) is 10.8 Å². The first-order valence-corrected chi connectivity index (χ1v) is 12.6. The van der Waals surface area contributed by atoms with Gasteiger partial charge in [0, 0.05) is 16.8 Å². The van der Waals surface area contributed by atoms with Crippen LogP contribution in [0.2, 0.25) is 0 Å². The van der Waals surface area contributed by atoms with E-state index in [2.05, 4.69) is 15.5 Å². The molecule has 0 saturated carbocycles. The van der Waals surface area contributed by atoms with E-state index in [4.69, 9.17) is 5.11 Å². The number of amides is 1. The van der Waals surface area contributed by atoms with Gasteiger partial charge in [-0.25, -0.2) is 9.18 Å². The van der Waals surface area contributed by atoms with Gasteiger partial charge in [-0.2, -0.15) is 18.3 Å². The number of rotatable bonds is 7. The van der Waals surface area contributed by atoms with Crippen LogP contribution in [0, 0.1) is 5.82 Å². The molecule has 0 atom stereocenters. The summed E-state index contributed by atoms with van der Waals surface area (Å²) in [6, 6.07) is 19.9. The number of aromatic nitrogens is 2. The number of hydrogen-bond acceptors (Lipinski definition) is 4. The maximum Gasteiger partial charge on any atom is 0.416 e. The molecule has 5 rings (SSSR count). The van der Waals surface area contributed by atoms with E-state index in [0.29, 0.717) is 37.5 Å². The minimum absolute atomic E-state index is 0.111. The minimum Gasteiger partial charge on any atom is -0.478 e. The molecule has 40 heavy (non-hydrogen) atoms. The number of alkyl halides is 3. The first kappa shape index (κ1) is 26.9. The van der Waals surface area contributed by atoms with E-state index in [0.717, 1.165) is 23.9 Å². The van der Waals surface area contributed by atoms with Gasteiger partial charge in [-0.05, 0) is 77.4 Å². The molecule has 0 fully saturated rings. The van der Waals surface area contributed by atoms with Crippen LogP contribution in [0.15, 0.2) is 94.9 Å². The average molecular weight is 566 g/mol. The molecular formula is C29H19F4N3O3S. The van der Waals surface area contributed by atoms with Crippen LogP contribution < -0.4 is 5.32 Å². The van der Waals surface area contributed by atoms with Crippen LogP contribution in [0.25, 0.3) is 22.0 Å². The molecule has 0 spiro atoms. The van der Waals surface area contributed by atoms with Crippen molar-refractivity contribution in [2.45, 2.75) is 22.6 Å². The molecule has 1 heterocycles. The Morgan fingerprint density at radius 3 is 2.20 bits per heavy atom. The molecular weight excluding hydrogens is 546 g/mol. The molecule has 0 radical (unpaired) electrons. The number of aromatic carboxylic acids is 1. The van der Waals surface area contributed by atoms with Gasteiger partial charge >= 0.3 is 12.1 Å². The van der Waals surface area contributed by atoms with Gasteiger partial charge in [-0.15, -0.1) is 0 Å². The molecule has 3 N–H and O–H groups in total. The third-order valence-electron chi connectivity index (χ3n) is 6.10. The summed E-state index contributed by atoms with van der Waals surface area (Å²) in [6.45, 7) is 0.111. The van der Waals surface area contributed by atoms with Crippen molar-refractivity contribution in [1.82, 2.24) is 15.5 Å². The van der Waals surface area contributed by atoms with Gasteiger partial charge in [0.25, 0.3) is 5.91 Å². The van der Waals surface area contributed by atoms with Crippen molar-refractivity contribution in [2.24, 2.45) is 0 Å². The molecule has 202 valence electrons. The van der Waals surface area contributed by atoms with Gasteiger partial charge < -0.3 is 10.4 Å². The lowest BCUT2D eigenvalue weighted by molar-refractivity contribution is -0.137. The maximum atomic E-state index is 13.5. The highest BCUT2D eigenvalue weighted by atomic mass is 32.2. The summed E-state index contributed by atoms with van der Waals surface area (Å²) in [4.78, 5) is 25.1. The second-order valence-corrected chi connectivity index (χ2v) is 9.85. The lowest BCUT2D eigenvalue weighted by atomic mass is 9.99. The number of benzene rings is 4. The third-order valence-corrected chi connectivity index (χ3v) is 7.10. The monoisotopic (exact) mass is 565 g/mol. The smallest absolute Gasteiger partial charge is 0.416 e. The van der Waals surface area contributed by atoms with Gasteiger partial charge in [0.2, 0.25) is 0 Å². The molecule has 1 amide bonds. The second-order valence-electron chi connectivity index (χ2n) is 8.79. The van der Waals surface area contributed by atoms with Crippen molar-refractivity contribution in [3.05, 3.63) is 113 Å². The van der Waals surface area contributed by atoms with Crippen molar-refractivity contribution in [3.8, 4) is 11.1 Å². The largest absolute Gasteiger partial charge is 0.478 e. The lowest BCUT2D eigenvalue weighted by Crippen LogP contribution is -2.23. The molecule has 4 aromatic carbocycles. The summed E-state index contributed by atoms with van der Waals surface area (Å²) in [5.74, 6) is -1.92. The fraction of sp³-hybridized carbons (Fsp3) is 0.0690. The van der Waals surface area contributed by atoms with Crippen molar-refractivity contribution >= 4 is 34.5 Å². The second kappa shape index (κ2) is 10.9. The third kappa shape index (κ3) is 5.84. The number of nitrogens with zero attached hydrogens (tertiary/aromatic N) is 1. The number of carbonyl (C=O) groups excluding carboxylic acids is 1. The fourth-order valence-corrected chi connectivity index (χ4v) is 4.96. The van der Waals surface area contributed by atoms with Crippen LogP contribution in [0.1, 0.15) is 31.8 Å². The topological polar surface area (TPSA) is 95.1 Å². The summed E-state index contributed by atoms with van der Waals surface area (Å²) in [6.07, 6.45) is -4.46. The maximum absolute atomic E-state index is 13.5. The van der Waals surface area contributed by atoms with Gasteiger partial charge in [-0.3, -0.25) is 9.89 Å². The summed E-state index contributed by atoms with van der Waals surface area (Å²) in [7, 11) is 0. The van der Waals surface area contributed by atoms with Crippen LogP contribution in [0.5, 0.6) is 0 Å². The highest BCUT2D eigenvalue weighted by Crippen LogP contribution is 2.37. The van der Waals surface area contributed by atoms with E-state index in [-0.39, 0.29) is 17.7 Å². The average Bonchev–Trinajstić information content (AvgIpc) is 3.34. The van der Waals surface area contributed by atoms with Crippen LogP contribution in [-0.2, 0) is 12.7 Å². The number of halogens is 4. The van der Waals surface area contributed by atoms with Crippen LogP contribution in [-0.4, -0.2) is 27.2 Å². The number of carbonyl (C=O) groups is 2. The molecule has 0 unspecified atom stereocenters. The van der Waals surface area contributed by atoms with E-state index in [1.54, 1.807) is 36.4 Å². The molecule has 5 aromatic rings. The van der Waals surface area contributed by atoms with E-state index < -0.39 is 29.4 Å². The Morgan fingerprint density at radius 1 is 0.900 bits per heavy atom. The van der Waals surface area contributed by atoms with Crippen LogP contribution in [0.4, 0.5) is 17.6 Å². The minimum atomic E-state index is -4.46. The summed E-state index contributed by atoms with van der Waals surface area (Å²) < 4.78 is 52.5. The van der Waals surface area contributed by atoms with Crippen LogP contribution in [0.3, 0.4) is 0 Å². The predicted molar refractivity (Wildman–Crippen MR) is 142 cm³/mol. The SMILES string of the molecule is O=C(O)c1ccc(CNC(=O)c2cc(-c3ccc(F)cc3)cc3[nH]nc(Sc4ccc(C(F)(F)F)cc4)c23)cc1. The zero-order valence-electron chi connectivity index (χ0n) is 20.4. The van der Waals surface area contributed by atoms with E-state index >= 15 is 0 Å².